The molecular formula is C11H14ClF2N3. The van der Waals surface area contributed by atoms with E-state index in [-0.39, 0.29) is 31.0 Å². The lowest BCUT2D eigenvalue weighted by atomic mass is 9.78. The predicted octanol–water partition coefficient (Wildman–Crippen LogP) is 2.80. The molecule has 2 rings (SSSR count). The van der Waals surface area contributed by atoms with E-state index in [1.165, 1.54) is 0 Å². The fourth-order valence-electron chi connectivity index (χ4n) is 2.11. The Morgan fingerprint density at radius 2 is 1.82 bits per heavy atom. The van der Waals surface area contributed by atoms with Crippen LogP contribution in [0.15, 0.2) is 6.07 Å². The summed E-state index contributed by atoms with van der Waals surface area (Å²) in [5.41, 5.74) is 6.61. The molecule has 1 aromatic heterocycles. The molecule has 0 spiro atoms. The SMILES string of the molecule is Cc1cc(C2(N)CCC(F)(F)CC2)nc(Cl)n1. The Labute approximate surface area is 103 Å². The Morgan fingerprint density at radius 3 is 2.35 bits per heavy atom. The summed E-state index contributed by atoms with van der Waals surface area (Å²) in [7, 11) is 0. The van der Waals surface area contributed by atoms with Gasteiger partial charge in [-0.05, 0) is 37.4 Å². The van der Waals surface area contributed by atoms with Crippen LogP contribution in [0.25, 0.3) is 0 Å². The second-order valence-electron chi connectivity index (χ2n) is 4.68. The van der Waals surface area contributed by atoms with Gasteiger partial charge in [0.2, 0.25) is 11.2 Å². The Kier molecular flexibility index (Phi) is 3.08. The molecule has 1 aliphatic rings. The van der Waals surface area contributed by atoms with Crippen LogP contribution >= 0.6 is 11.6 Å². The van der Waals surface area contributed by atoms with Crippen molar-refractivity contribution in [1.29, 1.82) is 0 Å². The first-order valence-electron chi connectivity index (χ1n) is 5.49. The van der Waals surface area contributed by atoms with Gasteiger partial charge in [-0.2, -0.15) is 0 Å². The quantitative estimate of drug-likeness (QED) is 0.791. The smallest absolute Gasteiger partial charge is 0.248 e. The molecule has 1 fully saturated rings. The zero-order valence-corrected chi connectivity index (χ0v) is 10.3. The number of nitrogens with zero attached hydrogens (tertiary/aromatic N) is 2. The fraction of sp³-hybridized carbons (Fsp3) is 0.636. The molecule has 0 bridgehead atoms. The van der Waals surface area contributed by atoms with Gasteiger partial charge in [0, 0.05) is 18.5 Å². The van der Waals surface area contributed by atoms with Crippen molar-refractivity contribution in [3.63, 3.8) is 0 Å². The number of aryl methyl sites for hydroxylation is 1. The molecule has 1 aromatic rings. The van der Waals surface area contributed by atoms with Gasteiger partial charge >= 0.3 is 0 Å². The molecule has 1 saturated carbocycles. The first-order chi connectivity index (χ1) is 7.81. The summed E-state index contributed by atoms with van der Waals surface area (Å²) in [6.07, 6.45) is 0.0217. The molecule has 0 aliphatic heterocycles. The van der Waals surface area contributed by atoms with Gasteiger partial charge in [0.1, 0.15) is 0 Å². The van der Waals surface area contributed by atoms with Gasteiger partial charge < -0.3 is 5.73 Å². The molecule has 0 atom stereocenters. The van der Waals surface area contributed by atoms with E-state index < -0.39 is 11.5 Å². The summed E-state index contributed by atoms with van der Waals surface area (Å²) in [5.74, 6) is -2.60. The minimum atomic E-state index is -2.60. The number of rotatable bonds is 1. The van der Waals surface area contributed by atoms with E-state index in [1.807, 2.05) is 0 Å². The summed E-state index contributed by atoms with van der Waals surface area (Å²) < 4.78 is 26.2. The van der Waals surface area contributed by atoms with Crippen molar-refractivity contribution in [2.24, 2.45) is 5.73 Å². The van der Waals surface area contributed by atoms with Crippen LogP contribution in [0.1, 0.15) is 37.1 Å². The van der Waals surface area contributed by atoms with Crippen molar-refractivity contribution in [2.45, 2.75) is 44.1 Å². The maximum absolute atomic E-state index is 13.1. The zero-order valence-electron chi connectivity index (χ0n) is 9.51. The summed E-state index contributed by atoms with van der Waals surface area (Å²) in [6, 6.07) is 1.72. The lowest BCUT2D eigenvalue weighted by Crippen LogP contribution is -2.44. The molecule has 0 aromatic carbocycles. The topological polar surface area (TPSA) is 51.8 Å². The summed E-state index contributed by atoms with van der Waals surface area (Å²) in [6.45, 7) is 1.78. The van der Waals surface area contributed by atoms with Crippen molar-refractivity contribution in [3.05, 3.63) is 22.7 Å². The van der Waals surface area contributed by atoms with Gasteiger partial charge in [-0.25, -0.2) is 18.7 Å². The van der Waals surface area contributed by atoms with Gasteiger partial charge in [0.25, 0.3) is 0 Å². The van der Waals surface area contributed by atoms with Gasteiger partial charge in [0.05, 0.1) is 11.2 Å². The van der Waals surface area contributed by atoms with E-state index in [0.29, 0.717) is 11.4 Å². The van der Waals surface area contributed by atoms with Crippen molar-refractivity contribution >= 4 is 11.6 Å². The van der Waals surface area contributed by atoms with Crippen LogP contribution in [0.2, 0.25) is 5.28 Å². The van der Waals surface area contributed by atoms with Crippen LogP contribution < -0.4 is 5.73 Å². The average Bonchev–Trinajstić information content (AvgIpc) is 2.22. The predicted molar refractivity (Wildman–Crippen MR) is 61.1 cm³/mol. The highest BCUT2D eigenvalue weighted by Gasteiger charge is 2.43. The molecule has 3 nitrogen and oxygen atoms in total. The summed E-state index contributed by atoms with van der Waals surface area (Å²) >= 11 is 5.76. The number of hydrogen-bond acceptors (Lipinski definition) is 3. The monoisotopic (exact) mass is 261 g/mol. The highest BCUT2D eigenvalue weighted by molar-refractivity contribution is 6.28. The third-order valence-corrected chi connectivity index (χ3v) is 3.38. The number of halogens is 3. The standard InChI is InChI=1S/C11H14ClF2N3/c1-7-6-8(17-9(12)16-7)10(15)2-4-11(13,14)5-3-10/h6H,2-5,15H2,1H3. The van der Waals surface area contributed by atoms with Crippen LogP contribution in [0.5, 0.6) is 0 Å². The Morgan fingerprint density at radius 1 is 1.24 bits per heavy atom. The lowest BCUT2D eigenvalue weighted by Gasteiger charge is -2.36. The Bertz CT molecular complexity index is 406. The van der Waals surface area contributed by atoms with E-state index >= 15 is 0 Å². The van der Waals surface area contributed by atoms with Crippen LogP contribution in [0.3, 0.4) is 0 Å². The number of alkyl halides is 2. The first-order valence-corrected chi connectivity index (χ1v) is 5.87. The molecule has 1 aliphatic carbocycles. The zero-order chi connectivity index (χ0) is 12.7. The molecule has 1 heterocycles. The first kappa shape index (κ1) is 12.6. The maximum Gasteiger partial charge on any atom is 0.248 e. The van der Waals surface area contributed by atoms with E-state index in [0.717, 1.165) is 0 Å². The van der Waals surface area contributed by atoms with Gasteiger partial charge in [-0.15, -0.1) is 0 Å². The van der Waals surface area contributed by atoms with Crippen LogP contribution in [0, 0.1) is 6.92 Å². The average molecular weight is 262 g/mol. The third-order valence-electron chi connectivity index (χ3n) is 3.21. The van der Waals surface area contributed by atoms with Gasteiger partial charge in [-0.3, -0.25) is 0 Å². The Hall–Kier alpha value is -0.810. The van der Waals surface area contributed by atoms with E-state index in [2.05, 4.69) is 9.97 Å². The van der Waals surface area contributed by atoms with Crippen molar-refractivity contribution < 1.29 is 8.78 Å². The molecular weight excluding hydrogens is 248 g/mol. The molecule has 0 saturated heterocycles. The maximum atomic E-state index is 13.1. The summed E-state index contributed by atoms with van der Waals surface area (Å²) in [4.78, 5) is 8.00. The van der Waals surface area contributed by atoms with Gasteiger partial charge in [-0.1, -0.05) is 0 Å². The van der Waals surface area contributed by atoms with Crippen LogP contribution in [-0.2, 0) is 5.54 Å². The van der Waals surface area contributed by atoms with Crippen molar-refractivity contribution in [2.75, 3.05) is 0 Å². The molecule has 6 heteroatoms. The molecule has 17 heavy (non-hydrogen) atoms. The second kappa shape index (κ2) is 4.14. The third kappa shape index (κ3) is 2.72. The van der Waals surface area contributed by atoms with Crippen molar-refractivity contribution in [1.82, 2.24) is 9.97 Å². The summed E-state index contributed by atoms with van der Waals surface area (Å²) in [5, 5.41) is 0.113. The molecule has 0 amide bonds. The van der Waals surface area contributed by atoms with E-state index in [1.54, 1.807) is 13.0 Å². The molecule has 0 unspecified atom stereocenters. The van der Waals surface area contributed by atoms with Crippen molar-refractivity contribution in [3.8, 4) is 0 Å². The highest BCUT2D eigenvalue weighted by atomic mass is 35.5. The minimum absolute atomic E-state index is 0.113. The van der Waals surface area contributed by atoms with E-state index in [9.17, 15) is 8.78 Å². The second-order valence-corrected chi connectivity index (χ2v) is 5.01. The fourth-order valence-corrected chi connectivity index (χ4v) is 2.33. The number of nitrogens with two attached hydrogens (primary N) is 1. The van der Waals surface area contributed by atoms with Crippen LogP contribution in [-0.4, -0.2) is 15.9 Å². The van der Waals surface area contributed by atoms with Gasteiger partial charge in [0.15, 0.2) is 0 Å². The minimum Gasteiger partial charge on any atom is -0.320 e. The number of hydrogen-bond donors (Lipinski definition) is 1. The Balaban J connectivity index is 2.27. The molecule has 0 radical (unpaired) electrons. The van der Waals surface area contributed by atoms with E-state index in [4.69, 9.17) is 17.3 Å². The largest absolute Gasteiger partial charge is 0.320 e. The highest BCUT2D eigenvalue weighted by Crippen LogP contribution is 2.41. The normalized spacial score (nSPS) is 22.4. The molecule has 94 valence electrons. The van der Waals surface area contributed by atoms with Crippen LogP contribution in [0.4, 0.5) is 8.78 Å². The molecule has 2 N–H and O–H groups in total. The number of aromatic nitrogens is 2. The lowest BCUT2D eigenvalue weighted by molar-refractivity contribution is -0.0519.